The quantitative estimate of drug-likeness (QED) is 0.401. The van der Waals surface area contributed by atoms with Crippen molar-refractivity contribution in [1.29, 1.82) is 5.26 Å². The van der Waals surface area contributed by atoms with E-state index in [0.29, 0.717) is 23.4 Å². The molecule has 2 aromatic heterocycles. The number of anilines is 1. The van der Waals surface area contributed by atoms with Crippen LogP contribution in [-0.4, -0.2) is 31.7 Å². The van der Waals surface area contributed by atoms with Gasteiger partial charge in [-0.25, -0.2) is 0 Å². The fourth-order valence-corrected chi connectivity index (χ4v) is 4.37. The highest BCUT2D eigenvalue weighted by Crippen LogP contribution is 2.37. The standard InChI is InChI=1S/C25H22N6O/c1-29-8-7-18-3-4-19(10-23(18)29)20-5-6-22(27)24-21(20)15-31(25(24)32)14-16(11-26)9-17-12-28-30(2)13-17/h3-10,12-13H,14-15,27H2,1-2H3/b16-9+. The molecular formula is C25H22N6O. The molecule has 0 unspecified atom stereocenters. The molecule has 0 atom stereocenters. The predicted molar refractivity (Wildman–Crippen MR) is 124 cm³/mol. The predicted octanol–water partition coefficient (Wildman–Crippen LogP) is 3.72. The number of carbonyl (C=O) groups excluding carboxylic acids is 1. The van der Waals surface area contributed by atoms with E-state index in [4.69, 9.17) is 5.73 Å². The summed E-state index contributed by atoms with van der Waals surface area (Å²) in [6, 6.07) is 14.4. The van der Waals surface area contributed by atoms with Crippen molar-refractivity contribution < 1.29 is 4.79 Å². The monoisotopic (exact) mass is 422 g/mol. The minimum atomic E-state index is -0.147. The Morgan fingerprint density at radius 1 is 1.25 bits per heavy atom. The second-order valence-corrected chi connectivity index (χ2v) is 8.15. The molecule has 0 radical (unpaired) electrons. The average Bonchev–Trinajstić information content (AvgIpc) is 3.46. The number of aryl methyl sites for hydroxylation is 2. The number of hydrogen-bond acceptors (Lipinski definition) is 4. The van der Waals surface area contributed by atoms with Crippen LogP contribution in [0.3, 0.4) is 0 Å². The minimum absolute atomic E-state index is 0.147. The van der Waals surface area contributed by atoms with E-state index < -0.39 is 0 Å². The number of amides is 1. The van der Waals surface area contributed by atoms with Crippen LogP contribution in [0.25, 0.3) is 28.1 Å². The first-order chi connectivity index (χ1) is 15.4. The largest absolute Gasteiger partial charge is 0.398 e. The summed E-state index contributed by atoms with van der Waals surface area (Å²) >= 11 is 0. The number of rotatable bonds is 4. The van der Waals surface area contributed by atoms with E-state index in [0.717, 1.165) is 27.8 Å². The van der Waals surface area contributed by atoms with Crippen molar-refractivity contribution in [3.05, 3.63) is 77.3 Å². The van der Waals surface area contributed by atoms with Crippen LogP contribution in [0.5, 0.6) is 0 Å². The van der Waals surface area contributed by atoms with Crippen molar-refractivity contribution in [2.24, 2.45) is 14.1 Å². The molecule has 1 aliphatic heterocycles. The molecule has 0 saturated carbocycles. The first-order valence-electron chi connectivity index (χ1n) is 10.3. The summed E-state index contributed by atoms with van der Waals surface area (Å²) in [4.78, 5) is 14.9. The zero-order chi connectivity index (χ0) is 22.4. The van der Waals surface area contributed by atoms with Crippen molar-refractivity contribution in [2.75, 3.05) is 12.3 Å². The molecule has 2 N–H and O–H groups in total. The van der Waals surface area contributed by atoms with Gasteiger partial charge in [-0.15, -0.1) is 0 Å². The number of hydrogen-bond donors (Lipinski definition) is 1. The maximum absolute atomic E-state index is 13.2. The Balaban J connectivity index is 1.51. The van der Waals surface area contributed by atoms with Crippen molar-refractivity contribution in [1.82, 2.24) is 19.2 Å². The van der Waals surface area contributed by atoms with Crippen LogP contribution in [0, 0.1) is 11.3 Å². The van der Waals surface area contributed by atoms with Crippen LogP contribution in [-0.2, 0) is 20.6 Å². The highest BCUT2D eigenvalue weighted by atomic mass is 16.2. The van der Waals surface area contributed by atoms with Crippen LogP contribution in [0.15, 0.2) is 60.6 Å². The van der Waals surface area contributed by atoms with Gasteiger partial charge in [-0.05, 0) is 46.4 Å². The van der Waals surface area contributed by atoms with Gasteiger partial charge in [-0.3, -0.25) is 9.48 Å². The van der Waals surface area contributed by atoms with Gasteiger partial charge in [0.15, 0.2) is 0 Å². The molecule has 2 aromatic carbocycles. The molecule has 0 aliphatic carbocycles. The van der Waals surface area contributed by atoms with Crippen LogP contribution in [0.4, 0.5) is 5.69 Å². The molecule has 32 heavy (non-hydrogen) atoms. The number of nitrogens with two attached hydrogens (primary N) is 1. The molecule has 0 spiro atoms. The van der Waals surface area contributed by atoms with Gasteiger partial charge < -0.3 is 15.2 Å². The summed E-state index contributed by atoms with van der Waals surface area (Å²) < 4.78 is 3.75. The molecule has 7 heteroatoms. The molecule has 1 aliphatic rings. The van der Waals surface area contributed by atoms with Crippen LogP contribution in [0.1, 0.15) is 21.5 Å². The second kappa shape index (κ2) is 7.43. The SMILES string of the molecule is Cn1cc(/C=C(\C#N)CN2Cc3c(-c4ccc5ccn(C)c5c4)ccc(N)c3C2=O)cn1. The third-order valence-corrected chi connectivity index (χ3v) is 5.96. The van der Waals surface area contributed by atoms with Gasteiger partial charge in [0.2, 0.25) is 0 Å². The van der Waals surface area contributed by atoms with E-state index in [2.05, 4.69) is 40.0 Å². The number of nitriles is 1. The summed E-state index contributed by atoms with van der Waals surface area (Å²) in [5.41, 5.74) is 12.6. The zero-order valence-corrected chi connectivity index (χ0v) is 17.9. The Kier molecular flexibility index (Phi) is 4.56. The lowest BCUT2D eigenvalue weighted by Crippen LogP contribution is -2.26. The van der Waals surface area contributed by atoms with Gasteiger partial charge in [-0.1, -0.05) is 18.2 Å². The van der Waals surface area contributed by atoms with Gasteiger partial charge in [0.25, 0.3) is 5.91 Å². The summed E-state index contributed by atoms with van der Waals surface area (Å²) in [5.74, 6) is -0.147. The first-order valence-corrected chi connectivity index (χ1v) is 10.3. The van der Waals surface area contributed by atoms with E-state index in [1.54, 1.807) is 27.9 Å². The lowest BCUT2D eigenvalue weighted by atomic mass is 9.95. The maximum atomic E-state index is 13.2. The lowest BCUT2D eigenvalue weighted by Gasteiger charge is -2.15. The number of fused-ring (bicyclic) bond motifs is 2. The molecule has 0 fully saturated rings. The first kappa shape index (κ1) is 19.6. The zero-order valence-electron chi connectivity index (χ0n) is 17.9. The molecule has 4 aromatic rings. The minimum Gasteiger partial charge on any atom is -0.398 e. The van der Waals surface area contributed by atoms with Crippen molar-refractivity contribution in [2.45, 2.75) is 6.54 Å². The number of benzene rings is 2. The Morgan fingerprint density at radius 2 is 2.09 bits per heavy atom. The smallest absolute Gasteiger partial charge is 0.256 e. The van der Waals surface area contributed by atoms with Gasteiger partial charge in [0, 0.05) is 55.4 Å². The summed E-state index contributed by atoms with van der Waals surface area (Å²) in [6.07, 6.45) is 7.31. The van der Waals surface area contributed by atoms with E-state index in [1.165, 1.54) is 5.39 Å². The molecule has 0 bridgehead atoms. The van der Waals surface area contributed by atoms with Crippen molar-refractivity contribution >= 4 is 28.6 Å². The number of nitrogen functional groups attached to an aromatic ring is 1. The molecule has 1 amide bonds. The van der Waals surface area contributed by atoms with E-state index in [-0.39, 0.29) is 12.5 Å². The van der Waals surface area contributed by atoms with Gasteiger partial charge >= 0.3 is 0 Å². The Hall–Kier alpha value is -4.31. The van der Waals surface area contributed by atoms with Crippen molar-refractivity contribution in [3.8, 4) is 17.2 Å². The number of carbonyl (C=O) groups is 1. The third-order valence-electron chi connectivity index (χ3n) is 5.96. The van der Waals surface area contributed by atoms with Gasteiger partial charge in [0.05, 0.1) is 24.4 Å². The molecule has 3 heterocycles. The van der Waals surface area contributed by atoms with Crippen LogP contribution >= 0.6 is 0 Å². The molecule has 5 rings (SSSR count). The molecule has 0 saturated heterocycles. The maximum Gasteiger partial charge on any atom is 0.256 e. The van der Waals surface area contributed by atoms with Gasteiger partial charge in [-0.2, -0.15) is 10.4 Å². The van der Waals surface area contributed by atoms with E-state index >= 15 is 0 Å². The normalized spacial score (nSPS) is 13.6. The fourth-order valence-electron chi connectivity index (χ4n) is 4.37. The highest BCUT2D eigenvalue weighted by molar-refractivity contribution is 6.05. The molecule has 7 nitrogen and oxygen atoms in total. The van der Waals surface area contributed by atoms with Crippen LogP contribution < -0.4 is 5.73 Å². The lowest BCUT2D eigenvalue weighted by molar-refractivity contribution is 0.0795. The van der Waals surface area contributed by atoms with E-state index in [1.807, 2.05) is 32.6 Å². The van der Waals surface area contributed by atoms with Crippen LogP contribution in [0.2, 0.25) is 0 Å². The summed E-state index contributed by atoms with van der Waals surface area (Å²) in [6.45, 7) is 0.625. The number of aromatic nitrogens is 3. The average molecular weight is 422 g/mol. The topological polar surface area (TPSA) is 92.9 Å². The summed E-state index contributed by atoms with van der Waals surface area (Å²) in [5, 5.41) is 14.9. The Bertz CT molecular complexity index is 1450. The summed E-state index contributed by atoms with van der Waals surface area (Å²) in [7, 11) is 3.84. The third kappa shape index (κ3) is 3.22. The van der Waals surface area contributed by atoms with Gasteiger partial charge in [0.1, 0.15) is 0 Å². The Labute approximate surface area is 185 Å². The van der Waals surface area contributed by atoms with Crippen molar-refractivity contribution in [3.63, 3.8) is 0 Å². The number of nitrogens with zero attached hydrogens (tertiary/aromatic N) is 5. The Morgan fingerprint density at radius 3 is 2.84 bits per heavy atom. The van der Waals surface area contributed by atoms with E-state index in [9.17, 15) is 10.1 Å². The highest BCUT2D eigenvalue weighted by Gasteiger charge is 2.32. The fraction of sp³-hybridized carbons (Fsp3) is 0.160. The molecular weight excluding hydrogens is 400 g/mol. The second-order valence-electron chi connectivity index (χ2n) is 8.15. The molecule has 158 valence electrons.